The summed E-state index contributed by atoms with van der Waals surface area (Å²) < 4.78 is 5.06. The Hall–Kier alpha value is -1.06. The van der Waals surface area contributed by atoms with E-state index >= 15 is 0 Å². The second-order valence-corrected chi connectivity index (χ2v) is 6.07. The van der Waals surface area contributed by atoms with Gasteiger partial charge in [-0.25, -0.2) is 0 Å². The molecule has 0 heterocycles. The second-order valence-electron chi connectivity index (χ2n) is 6.07. The highest BCUT2D eigenvalue weighted by Crippen LogP contribution is 2.34. The van der Waals surface area contributed by atoms with E-state index in [0.29, 0.717) is 0 Å². The molecule has 1 aliphatic carbocycles. The normalized spacial score (nSPS) is 14.4. The molecule has 1 fully saturated rings. The van der Waals surface area contributed by atoms with Gasteiger partial charge in [0.25, 0.3) is 0 Å². The predicted molar refractivity (Wildman–Crippen MR) is 90.0 cm³/mol. The number of methoxy groups -OCH3 is 1. The zero-order valence-electron chi connectivity index (χ0n) is 13.8. The summed E-state index contributed by atoms with van der Waals surface area (Å²) in [5.41, 5.74) is 4.20. The molecule has 1 saturated carbocycles. The maximum atomic E-state index is 5.06. The van der Waals surface area contributed by atoms with Crippen molar-refractivity contribution in [2.45, 2.75) is 52.1 Å². The van der Waals surface area contributed by atoms with Gasteiger partial charge in [0.1, 0.15) is 0 Å². The molecule has 1 N–H and O–H groups in total. The summed E-state index contributed by atoms with van der Waals surface area (Å²) >= 11 is 0. The fourth-order valence-corrected chi connectivity index (χ4v) is 2.77. The molecule has 3 heteroatoms. The molecule has 1 aromatic carbocycles. The fraction of sp³-hybridized carbons (Fsp3) is 0.667. The van der Waals surface area contributed by atoms with Gasteiger partial charge in [-0.05, 0) is 43.4 Å². The Labute approximate surface area is 129 Å². The van der Waals surface area contributed by atoms with Crippen LogP contribution in [0.25, 0.3) is 0 Å². The van der Waals surface area contributed by atoms with Gasteiger partial charge in [-0.15, -0.1) is 0 Å². The SMILES string of the molecule is CCCCN(c1ccc(CNCCOC)cc1C)C1CC1. The van der Waals surface area contributed by atoms with Gasteiger partial charge in [0.05, 0.1) is 6.61 Å². The molecular formula is C18H30N2O. The van der Waals surface area contributed by atoms with Gasteiger partial charge in [-0.2, -0.15) is 0 Å². The molecule has 0 atom stereocenters. The summed E-state index contributed by atoms with van der Waals surface area (Å²) in [6, 6.07) is 7.71. The molecular weight excluding hydrogens is 260 g/mol. The zero-order chi connectivity index (χ0) is 15.1. The minimum Gasteiger partial charge on any atom is -0.383 e. The van der Waals surface area contributed by atoms with Crippen LogP contribution in [0.15, 0.2) is 18.2 Å². The number of aryl methyl sites for hydroxylation is 1. The first-order chi connectivity index (χ1) is 10.3. The molecule has 0 aromatic heterocycles. The Kier molecular flexibility index (Phi) is 6.52. The molecule has 0 spiro atoms. The van der Waals surface area contributed by atoms with E-state index in [1.807, 2.05) is 0 Å². The molecule has 0 amide bonds. The smallest absolute Gasteiger partial charge is 0.0587 e. The fourth-order valence-electron chi connectivity index (χ4n) is 2.77. The van der Waals surface area contributed by atoms with Crippen molar-refractivity contribution in [1.82, 2.24) is 5.32 Å². The molecule has 1 aliphatic rings. The lowest BCUT2D eigenvalue weighted by Gasteiger charge is -2.26. The van der Waals surface area contributed by atoms with Crippen molar-refractivity contribution >= 4 is 5.69 Å². The Morgan fingerprint density at radius 3 is 2.76 bits per heavy atom. The molecule has 0 radical (unpaired) electrons. The van der Waals surface area contributed by atoms with Crippen LogP contribution in [0.3, 0.4) is 0 Å². The number of hydrogen-bond acceptors (Lipinski definition) is 3. The van der Waals surface area contributed by atoms with Crippen molar-refractivity contribution in [3.8, 4) is 0 Å². The molecule has 0 aliphatic heterocycles. The number of ether oxygens (including phenoxy) is 1. The maximum Gasteiger partial charge on any atom is 0.0587 e. The highest BCUT2D eigenvalue weighted by molar-refractivity contribution is 5.56. The van der Waals surface area contributed by atoms with Crippen LogP contribution in [0.5, 0.6) is 0 Å². The lowest BCUT2D eigenvalue weighted by atomic mass is 10.1. The third-order valence-corrected chi connectivity index (χ3v) is 4.12. The van der Waals surface area contributed by atoms with Crippen molar-refractivity contribution in [1.29, 1.82) is 0 Å². The Balaban J connectivity index is 1.96. The lowest BCUT2D eigenvalue weighted by molar-refractivity contribution is 0.199. The number of nitrogens with one attached hydrogen (secondary N) is 1. The van der Waals surface area contributed by atoms with Crippen molar-refractivity contribution in [3.63, 3.8) is 0 Å². The molecule has 3 nitrogen and oxygen atoms in total. The average Bonchev–Trinajstić information content (AvgIpc) is 3.30. The van der Waals surface area contributed by atoms with E-state index in [9.17, 15) is 0 Å². The van der Waals surface area contributed by atoms with Crippen LogP contribution in [0.4, 0.5) is 5.69 Å². The molecule has 2 rings (SSSR count). The van der Waals surface area contributed by atoms with E-state index in [4.69, 9.17) is 4.74 Å². The van der Waals surface area contributed by atoms with E-state index in [2.05, 4.69) is 42.3 Å². The van der Waals surface area contributed by atoms with Crippen molar-refractivity contribution in [2.24, 2.45) is 0 Å². The van der Waals surface area contributed by atoms with Crippen LogP contribution in [0.2, 0.25) is 0 Å². The third kappa shape index (κ3) is 5.01. The number of unbranched alkanes of at least 4 members (excludes halogenated alkanes) is 1. The van der Waals surface area contributed by atoms with Crippen molar-refractivity contribution in [2.75, 3.05) is 31.7 Å². The Morgan fingerprint density at radius 1 is 1.33 bits per heavy atom. The number of benzene rings is 1. The third-order valence-electron chi connectivity index (χ3n) is 4.12. The van der Waals surface area contributed by atoms with Crippen LogP contribution in [-0.4, -0.2) is 32.8 Å². The van der Waals surface area contributed by atoms with Crippen LogP contribution < -0.4 is 10.2 Å². The van der Waals surface area contributed by atoms with E-state index in [1.54, 1.807) is 7.11 Å². The van der Waals surface area contributed by atoms with E-state index in [-0.39, 0.29) is 0 Å². The summed E-state index contributed by atoms with van der Waals surface area (Å²) in [6.07, 6.45) is 5.28. The Morgan fingerprint density at radius 2 is 2.14 bits per heavy atom. The topological polar surface area (TPSA) is 24.5 Å². The summed E-state index contributed by atoms with van der Waals surface area (Å²) in [6.45, 7) is 8.31. The van der Waals surface area contributed by atoms with Gasteiger partial charge in [0.15, 0.2) is 0 Å². The first-order valence-electron chi connectivity index (χ1n) is 8.32. The van der Waals surface area contributed by atoms with Gasteiger partial charge in [0.2, 0.25) is 0 Å². The second kappa shape index (κ2) is 8.40. The minimum absolute atomic E-state index is 0.767. The standard InChI is InChI=1S/C18H30N2O/c1-4-5-11-20(17-7-8-17)18-9-6-16(13-15(18)2)14-19-10-12-21-3/h6,9,13,17,19H,4-5,7-8,10-12,14H2,1-3H3. The summed E-state index contributed by atoms with van der Waals surface area (Å²) in [5, 5.41) is 3.41. The monoisotopic (exact) mass is 290 g/mol. The highest BCUT2D eigenvalue weighted by atomic mass is 16.5. The zero-order valence-corrected chi connectivity index (χ0v) is 13.8. The van der Waals surface area contributed by atoms with E-state index in [0.717, 1.165) is 25.7 Å². The summed E-state index contributed by atoms with van der Waals surface area (Å²) in [7, 11) is 1.74. The highest BCUT2D eigenvalue weighted by Gasteiger charge is 2.29. The average molecular weight is 290 g/mol. The number of nitrogens with zero attached hydrogens (tertiary/aromatic N) is 1. The van der Waals surface area contributed by atoms with Crippen LogP contribution in [0.1, 0.15) is 43.7 Å². The minimum atomic E-state index is 0.767. The predicted octanol–water partition coefficient (Wildman–Crippen LogP) is 3.50. The lowest BCUT2D eigenvalue weighted by Crippen LogP contribution is -2.27. The molecule has 0 saturated heterocycles. The number of hydrogen-bond donors (Lipinski definition) is 1. The first kappa shape index (κ1) is 16.3. The van der Waals surface area contributed by atoms with Crippen molar-refractivity contribution in [3.05, 3.63) is 29.3 Å². The molecule has 0 bridgehead atoms. The van der Waals surface area contributed by atoms with E-state index in [1.165, 1.54) is 49.0 Å². The van der Waals surface area contributed by atoms with Crippen LogP contribution in [-0.2, 0) is 11.3 Å². The Bertz CT molecular complexity index is 429. The molecule has 0 unspecified atom stereocenters. The van der Waals surface area contributed by atoms with Gasteiger partial charge in [-0.1, -0.05) is 25.5 Å². The van der Waals surface area contributed by atoms with Crippen molar-refractivity contribution < 1.29 is 4.74 Å². The maximum absolute atomic E-state index is 5.06. The molecule has 1 aromatic rings. The number of rotatable bonds is 10. The summed E-state index contributed by atoms with van der Waals surface area (Å²) in [5.74, 6) is 0. The molecule has 21 heavy (non-hydrogen) atoms. The van der Waals surface area contributed by atoms with Gasteiger partial charge in [-0.3, -0.25) is 0 Å². The quantitative estimate of drug-likeness (QED) is 0.668. The largest absolute Gasteiger partial charge is 0.383 e. The van der Waals surface area contributed by atoms with Gasteiger partial charge in [0, 0.05) is 38.5 Å². The van der Waals surface area contributed by atoms with Crippen LogP contribution in [0, 0.1) is 6.92 Å². The van der Waals surface area contributed by atoms with Crippen LogP contribution >= 0.6 is 0 Å². The number of anilines is 1. The first-order valence-corrected chi connectivity index (χ1v) is 8.32. The van der Waals surface area contributed by atoms with E-state index < -0.39 is 0 Å². The molecule has 118 valence electrons. The van der Waals surface area contributed by atoms with Gasteiger partial charge < -0.3 is 15.0 Å². The summed E-state index contributed by atoms with van der Waals surface area (Å²) in [4.78, 5) is 2.63. The van der Waals surface area contributed by atoms with Gasteiger partial charge >= 0.3 is 0 Å².